The number of benzene rings is 1. The maximum Gasteiger partial charge on any atom is 0.201 e. The lowest BCUT2D eigenvalue weighted by atomic mass is 10.2. The molecule has 0 atom stereocenters. The lowest BCUT2D eigenvalue weighted by Crippen LogP contribution is -1.93. The van der Waals surface area contributed by atoms with Crippen LogP contribution in [0.15, 0.2) is 47.4 Å². The summed E-state index contributed by atoms with van der Waals surface area (Å²) >= 11 is 0. The van der Waals surface area contributed by atoms with E-state index in [-0.39, 0.29) is 5.78 Å². The molecule has 0 bridgehead atoms. The van der Waals surface area contributed by atoms with Crippen molar-refractivity contribution in [2.75, 3.05) is 0 Å². The molecule has 2 rings (SSSR count). The van der Waals surface area contributed by atoms with E-state index in [0.29, 0.717) is 12.2 Å². The summed E-state index contributed by atoms with van der Waals surface area (Å²) < 4.78 is 5.39. The first-order valence-electron chi connectivity index (χ1n) is 4.44. The molecule has 0 N–H and O–H groups in total. The van der Waals surface area contributed by atoms with E-state index >= 15 is 0 Å². The van der Waals surface area contributed by atoms with Crippen LogP contribution in [0, 0.1) is 0 Å². The molecule has 0 aliphatic carbocycles. The van der Waals surface area contributed by atoms with Gasteiger partial charge in [0.15, 0.2) is 5.76 Å². The predicted molar refractivity (Wildman–Crippen MR) is 55.4 cm³/mol. The van der Waals surface area contributed by atoms with Gasteiger partial charge in [0, 0.05) is 11.8 Å². The Hall–Kier alpha value is -1.83. The Kier molecular flexibility index (Phi) is 2.19. The lowest BCUT2D eigenvalue weighted by Gasteiger charge is -1.88. The minimum absolute atomic E-state index is 0.0313. The van der Waals surface area contributed by atoms with Gasteiger partial charge in [0.05, 0.1) is 0 Å². The van der Waals surface area contributed by atoms with Crippen molar-refractivity contribution in [1.82, 2.24) is 0 Å². The van der Waals surface area contributed by atoms with Crippen LogP contribution in [-0.2, 0) is 0 Å². The zero-order chi connectivity index (χ0) is 9.97. The molecule has 14 heavy (non-hydrogen) atoms. The van der Waals surface area contributed by atoms with E-state index in [2.05, 4.69) is 6.58 Å². The Morgan fingerprint density at radius 2 is 2.21 bits per heavy atom. The topological polar surface area (TPSA) is 30.2 Å². The van der Waals surface area contributed by atoms with Gasteiger partial charge in [0.1, 0.15) is 5.58 Å². The number of hydrogen-bond donors (Lipinski definition) is 0. The third kappa shape index (κ3) is 1.46. The van der Waals surface area contributed by atoms with E-state index in [4.69, 9.17) is 4.42 Å². The van der Waals surface area contributed by atoms with Crippen LogP contribution in [0.3, 0.4) is 0 Å². The quantitative estimate of drug-likeness (QED) is 0.544. The first-order valence-corrected chi connectivity index (χ1v) is 4.44. The second kappa shape index (κ2) is 3.50. The third-order valence-corrected chi connectivity index (χ3v) is 2.03. The molecule has 2 nitrogen and oxygen atoms in total. The summed E-state index contributed by atoms with van der Waals surface area (Å²) in [5.41, 5.74) is 0.750. The molecular formula is C12H10O2. The highest BCUT2D eigenvalue weighted by Gasteiger charge is 2.09. The number of ketones is 1. The highest BCUT2D eigenvalue weighted by molar-refractivity contribution is 5.98. The molecule has 0 fully saturated rings. The summed E-state index contributed by atoms with van der Waals surface area (Å²) in [5.74, 6) is 0.377. The number of rotatable bonds is 3. The molecule has 0 saturated carbocycles. The van der Waals surface area contributed by atoms with Crippen molar-refractivity contribution in [1.29, 1.82) is 0 Å². The molecule has 1 heterocycles. The summed E-state index contributed by atoms with van der Waals surface area (Å²) in [6.07, 6.45) is 1.90. The Bertz CT molecular complexity index is 447. The van der Waals surface area contributed by atoms with Crippen LogP contribution in [0.2, 0.25) is 0 Å². The number of furan rings is 1. The normalized spacial score (nSPS) is 10.3. The van der Waals surface area contributed by atoms with Crippen LogP contribution in [0.25, 0.3) is 11.0 Å². The van der Waals surface area contributed by atoms with Crippen LogP contribution in [0.1, 0.15) is 17.0 Å². The molecule has 2 aromatic rings. The average Bonchev–Trinajstić information content (AvgIpc) is 2.61. The molecule has 0 aliphatic heterocycles. The zero-order valence-electron chi connectivity index (χ0n) is 7.69. The van der Waals surface area contributed by atoms with E-state index in [1.54, 1.807) is 12.1 Å². The minimum Gasteiger partial charge on any atom is -0.453 e. The van der Waals surface area contributed by atoms with Gasteiger partial charge in [0.2, 0.25) is 5.78 Å². The molecule has 2 heteroatoms. The van der Waals surface area contributed by atoms with Crippen molar-refractivity contribution in [3.05, 3.63) is 48.7 Å². The molecule has 70 valence electrons. The van der Waals surface area contributed by atoms with E-state index in [1.807, 2.05) is 24.3 Å². The second-order valence-corrected chi connectivity index (χ2v) is 3.06. The molecule has 0 aliphatic rings. The summed E-state index contributed by atoms with van der Waals surface area (Å²) in [5, 5.41) is 0.958. The average molecular weight is 186 g/mol. The molecule has 1 aromatic heterocycles. The van der Waals surface area contributed by atoms with E-state index in [0.717, 1.165) is 11.0 Å². The lowest BCUT2D eigenvalue weighted by molar-refractivity contribution is 0.0971. The third-order valence-electron chi connectivity index (χ3n) is 2.03. The molecule has 0 radical (unpaired) electrons. The molecule has 0 spiro atoms. The summed E-state index contributed by atoms with van der Waals surface area (Å²) in [6.45, 7) is 3.52. The second-order valence-electron chi connectivity index (χ2n) is 3.06. The highest BCUT2D eigenvalue weighted by atomic mass is 16.3. The fraction of sp³-hybridized carbons (Fsp3) is 0.0833. The minimum atomic E-state index is -0.0313. The Morgan fingerprint density at radius 3 is 2.93 bits per heavy atom. The predicted octanol–water partition coefficient (Wildman–Crippen LogP) is 3.19. The van der Waals surface area contributed by atoms with Crippen molar-refractivity contribution >= 4 is 16.8 Å². The molecule has 0 saturated heterocycles. The maximum absolute atomic E-state index is 11.4. The smallest absolute Gasteiger partial charge is 0.201 e. The number of carbonyl (C=O) groups is 1. The van der Waals surface area contributed by atoms with E-state index in [9.17, 15) is 4.79 Å². The number of hydrogen-bond acceptors (Lipinski definition) is 2. The van der Waals surface area contributed by atoms with Gasteiger partial charge in [-0.2, -0.15) is 0 Å². The van der Waals surface area contributed by atoms with Crippen molar-refractivity contribution < 1.29 is 9.21 Å². The van der Waals surface area contributed by atoms with E-state index in [1.165, 1.54) is 0 Å². The van der Waals surface area contributed by atoms with Crippen LogP contribution < -0.4 is 0 Å². The van der Waals surface area contributed by atoms with Crippen molar-refractivity contribution in [2.24, 2.45) is 0 Å². The van der Waals surface area contributed by atoms with Gasteiger partial charge in [-0.1, -0.05) is 24.3 Å². The van der Waals surface area contributed by atoms with Gasteiger partial charge >= 0.3 is 0 Å². The van der Waals surface area contributed by atoms with Crippen LogP contribution in [0.5, 0.6) is 0 Å². The number of fused-ring (bicyclic) bond motifs is 1. The Balaban J connectivity index is 2.44. The Labute approximate surface area is 81.8 Å². The monoisotopic (exact) mass is 186 g/mol. The SMILES string of the molecule is C=CCC(=O)c1cc2ccccc2o1. The van der Waals surface area contributed by atoms with Gasteiger partial charge < -0.3 is 4.42 Å². The fourth-order valence-corrected chi connectivity index (χ4v) is 1.35. The molecular weight excluding hydrogens is 176 g/mol. The van der Waals surface area contributed by atoms with E-state index < -0.39 is 0 Å². The maximum atomic E-state index is 11.4. The standard InChI is InChI=1S/C12H10O2/c1-2-5-10(13)12-8-9-6-3-4-7-11(9)14-12/h2-4,6-8H,1,5H2. The molecule has 0 unspecified atom stereocenters. The summed E-state index contributed by atoms with van der Waals surface area (Å²) in [4.78, 5) is 11.4. The van der Waals surface area contributed by atoms with Gasteiger partial charge in [0.25, 0.3) is 0 Å². The van der Waals surface area contributed by atoms with Gasteiger partial charge in [-0.25, -0.2) is 0 Å². The van der Waals surface area contributed by atoms with Crippen molar-refractivity contribution in [3.8, 4) is 0 Å². The molecule has 1 aromatic carbocycles. The first-order chi connectivity index (χ1) is 6.81. The number of Topliss-reactive ketones (excluding diaryl/α,β-unsaturated/α-hetero) is 1. The molecule has 0 amide bonds. The van der Waals surface area contributed by atoms with Gasteiger partial charge in [-0.3, -0.25) is 4.79 Å². The number of carbonyl (C=O) groups excluding carboxylic acids is 1. The Morgan fingerprint density at radius 1 is 1.43 bits per heavy atom. The van der Waals surface area contributed by atoms with Crippen molar-refractivity contribution in [2.45, 2.75) is 6.42 Å². The number of para-hydroxylation sites is 1. The van der Waals surface area contributed by atoms with Crippen molar-refractivity contribution in [3.63, 3.8) is 0 Å². The highest BCUT2D eigenvalue weighted by Crippen LogP contribution is 2.19. The fourth-order valence-electron chi connectivity index (χ4n) is 1.35. The van der Waals surface area contributed by atoms with Gasteiger partial charge in [-0.15, -0.1) is 6.58 Å². The zero-order valence-corrected chi connectivity index (χ0v) is 7.69. The van der Waals surface area contributed by atoms with Crippen LogP contribution >= 0.6 is 0 Å². The van der Waals surface area contributed by atoms with Gasteiger partial charge in [-0.05, 0) is 12.1 Å². The van der Waals surface area contributed by atoms with Crippen LogP contribution in [-0.4, -0.2) is 5.78 Å². The van der Waals surface area contributed by atoms with Crippen LogP contribution in [0.4, 0.5) is 0 Å². The summed E-state index contributed by atoms with van der Waals surface area (Å²) in [7, 11) is 0. The first kappa shape index (κ1) is 8.75. The summed E-state index contributed by atoms with van der Waals surface area (Å²) in [6, 6.07) is 9.33. The number of allylic oxidation sites excluding steroid dienone is 1. The largest absolute Gasteiger partial charge is 0.453 e.